The molecule has 1 aromatic heterocycles. The number of hydrogen-bond acceptors (Lipinski definition) is 3. The number of hydrogen-bond donors (Lipinski definition) is 1. The lowest BCUT2D eigenvalue weighted by atomic mass is 10.1. The average Bonchev–Trinajstić information content (AvgIpc) is 2.05. The van der Waals surface area contributed by atoms with Crippen molar-refractivity contribution in [3.05, 3.63) is 23.8 Å². The quantitative estimate of drug-likeness (QED) is 0.684. The van der Waals surface area contributed by atoms with E-state index in [-0.39, 0.29) is 0 Å². The van der Waals surface area contributed by atoms with Crippen molar-refractivity contribution in [2.45, 2.75) is 25.5 Å². The van der Waals surface area contributed by atoms with E-state index in [1.807, 2.05) is 6.07 Å². The van der Waals surface area contributed by atoms with Crippen LogP contribution in [0.5, 0.6) is 0 Å². The third kappa shape index (κ3) is 2.19. The van der Waals surface area contributed by atoms with E-state index in [1.54, 1.807) is 6.20 Å². The van der Waals surface area contributed by atoms with Gasteiger partial charge in [0.1, 0.15) is 5.82 Å². The lowest BCUT2D eigenvalue weighted by Gasteiger charge is -2.03. The van der Waals surface area contributed by atoms with Crippen LogP contribution in [0.1, 0.15) is 31.3 Å². The van der Waals surface area contributed by atoms with Crippen LogP contribution in [-0.2, 0) is 5.75 Å². The van der Waals surface area contributed by atoms with Crippen molar-refractivity contribution in [2.24, 2.45) is 0 Å². The molecular weight excluding hydrogens is 156 g/mol. The molecule has 0 atom stereocenters. The lowest BCUT2D eigenvalue weighted by molar-refractivity contribution is 0.799. The number of nitrogens with zero attached hydrogens (tertiary/aromatic N) is 2. The Morgan fingerprint density at radius 1 is 1.55 bits per heavy atom. The first kappa shape index (κ1) is 8.53. The Hall–Kier alpha value is -0.570. The van der Waals surface area contributed by atoms with Crippen LogP contribution in [0.3, 0.4) is 0 Å². The van der Waals surface area contributed by atoms with Crippen LogP contribution >= 0.6 is 12.6 Å². The number of rotatable bonds is 2. The minimum Gasteiger partial charge on any atom is -0.240 e. The number of aromatic nitrogens is 2. The summed E-state index contributed by atoms with van der Waals surface area (Å²) in [4.78, 5) is 8.36. The molecule has 0 saturated carbocycles. The topological polar surface area (TPSA) is 25.8 Å². The Kier molecular flexibility index (Phi) is 2.88. The van der Waals surface area contributed by atoms with Gasteiger partial charge >= 0.3 is 0 Å². The molecule has 0 bridgehead atoms. The maximum atomic E-state index is 4.30. The Morgan fingerprint density at radius 3 is 2.82 bits per heavy atom. The predicted molar refractivity (Wildman–Crippen MR) is 48.8 cm³/mol. The number of thiol groups is 1. The standard InChI is InChI=1S/C8H12N2S/c1-6(2)7-3-4-9-8(5-11)10-7/h3-4,6,11H,5H2,1-2H3. The fraction of sp³-hybridized carbons (Fsp3) is 0.500. The summed E-state index contributed by atoms with van der Waals surface area (Å²) in [5, 5.41) is 0. The fourth-order valence-electron chi connectivity index (χ4n) is 0.813. The summed E-state index contributed by atoms with van der Waals surface area (Å²) in [6, 6.07) is 1.94. The zero-order valence-corrected chi connectivity index (χ0v) is 7.68. The van der Waals surface area contributed by atoms with Crippen LogP contribution in [0, 0.1) is 0 Å². The Labute approximate surface area is 72.5 Å². The molecular formula is C8H12N2S. The van der Waals surface area contributed by atoms with Crippen molar-refractivity contribution >= 4 is 12.6 Å². The van der Waals surface area contributed by atoms with E-state index < -0.39 is 0 Å². The van der Waals surface area contributed by atoms with Gasteiger partial charge in [0.15, 0.2) is 0 Å². The molecule has 0 radical (unpaired) electrons. The van der Waals surface area contributed by atoms with E-state index in [0.717, 1.165) is 11.5 Å². The van der Waals surface area contributed by atoms with Crippen molar-refractivity contribution in [1.82, 2.24) is 9.97 Å². The van der Waals surface area contributed by atoms with Crippen molar-refractivity contribution in [2.75, 3.05) is 0 Å². The molecule has 60 valence electrons. The van der Waals surface area contributed by atoms with Gasteiger partial charge < -0.3 is 0 Å². The van der Waals surface area contributed by atoms with Gasteiger partial charge in [-0.05, 0) is 12.0 Å². The molecule has 0 aliphatic rings. The molecule has 0 spiro atoms. The molecule has 0 N–H and O–H groups in total. The van der Waals surface area contributed by atoms with Crippen LogP contribution in [-0.4, -0.2) is 9.97 Å². The first-order valence-corrected chi connectivity index (χ1v) is 4.30. The minimum atomic E-state index is 0.469. The summed E-state index contributed by atoms with van der Waals surface area (Å²) in [6.07, 6.45) is 1.79. The zero-order chi connectivity index (χ0) is 8.27. The van der Waals surface area contributed by atoms with Gasteiger partial charge in [-0.25, -0.2) is 9.97 Å². The van der Waals surface area contributed by atoms with Gasteiger partial charge in [0.2, 0.25) is 0 Å². The maximum Gasteiger partial charge on any atom is 0.138 e. The maximum absolute atomic E-state index is 4.30. The molecule has 0 saturated heterocycles. The van der Waals surface area contributed by atoms with Crippen LogP contribution < -0.4 is 0 Å². The monoisotopic (exact) mass is 168 g/mol. The van der Waals surface area contributed by atoms with E-state index in [0.29, 0.717) is 11.7 Å². The molecule has 3 heteroatoms. The molecule has 2 nitrogen and oxygen atoms in total. The van der Waals surface area contributed by atoms with Crippen LogP contribution in [0.15, 0.2) is 12.3 Å². The molecule has 0 aliphatic carbocycles. The molecule has 0 aromatic carbocycles. The Morgan fingerprint density at radius 2 is 2.27 bits per heavy atom. The zero-order valence-electron chi connectivity index (χ0n) is 6.78. The van der Waals surface area contributed by atoms with E-state index >= 15 is 0 Å². The average molecular weight is 168 g/mol. The second kappa shape index (κ2) is 3.72. The summed E-state index contributed by atoms with van der Waals surface area (Å²) < 4.78 is 0. The highest BCUT2D eigenvalue weighted by atomic mass is 32.1. The van der Waals surface area contributed by atoms with E-state index in [2.05, 4.69) is 36.4 Å². The van der Waals surface area contributed by atoms with Crippen molar-refractivity contribution in [3.63, 3.8) is 0 Å². The molecule has 0 unspecified atom stereocenters. The summed E-state index contributed by atoms with van der Waals surface area (Å²) in [5.41, 5.74) is 1.09. The molecule has 0 fully saturated rings. The Balaban J connectivity index is 2.91. The SMILES string of the molecule is CC(C)c1ccnc(CS)n1. The van der Waals surface area contributed by atoms with Crippen molar-refractivity contribution in [1.29, 1.82) is 0 Å². The smallest absolute Gasteiger partial charge is 0.138 e. The lowest BCUT2D eigenvalue weighted by Crippen LogP contribution is -1.97. The highest BCUT2D eigenvalue weighted by Gasteiger charge is 2.00. The summed E-state index contributed by atoms with van der Waals surface area (Å²) in [5.74, 6) is 1.89. The third-order valence-electron chi connectivity index (χ3n) is 1.46. The van der Waals surface area contributed by atoms with Crippen molar-refractivity contribution in [3.8, 4) is 0 Å². The molecule has 0 aliphatic heterocycles. The van der Waals surface area contributed by atoms with Gasteiger partial charge in [-0.3, -0.25) is 0 Å². The first-order chi connectivity index (χ1) is 5.24. The van der Waals surface area contributed by atoms with E-state index in [1.165, 1.54) is 0 Å². The highest BCUT2D eigenvalue weighted by molar-refractivity contribution is 7.79. The molecule has 11 heavy (non-hydrogen) atoms. The van der Waals surface area contributed by atoms with Gasteiger partial charge in [-0.1, -0.05) is 13.8 Å². The van der Waals surface area contributed by atoms with Gasteiger partial charge in [-0.15, -0.1) is 0 Å². The second-order valence-electron chi connectivity index (χ2n) is 2.71. The van der Waals surface area contributed by atoms with Crippen LogP contribution in [0.25, 0.3) is 0 Å². The predicted octanol–water partition coefficient (Wildman–Crippen LogP) is 2.03. The van der Waals surface area contributed by atoms with E-state index in [4.69, 9.17) is 0 Å². The molecule has 1 rings (SSSR count). The van der Waals surface area contributed by atoms with Gasteiger partial charge in [0, 0.05) is 11.9 Å². The second-order valence-corrected chi connectivity index (χ2v) is 3.03. The summed E-state index contributed by atoms with van der Waals surface area (Å²) >= 11 is 4.10. The first-order valence-electron chi connectivity index (χ1n) is 3.66. The normalized spacial score (nSPS) is 10.5. The largest absolute Gasteiger partial charge is 0.240 e. The minimum absolute atomic E-state index is 0.469. The Bertz CT molecular complexity index is 235. The van der Waals surface area contributed by atoms with Crippen LogP contribution in [0.2, 0.25) is 0 Å². The fourth-order valence-corrected chi connectivity index (χ4v) is 0.965. The van der Waals surface area contributed by atoms with Gasteiger partial charge in [0.25, 0.3) is 0 Å². The molecule has 1 heterocycles. The van der Waals surface area contributed by atoms with Gasteiger partial charge in [-0.2, -0.15) is 12.6 Å². The third-order valence-corrected chi connectivity index (χ3v) is 1.74. The van der Waals surface area contributed by atoms with Crippen molar-refractivity contribution < 1.29 is 0 Å². The highest BCUT2D eigenvalue weighted by Crippen LogP contribution is 2.10. The summed E-state index contributed by atoms with van der Waals surface area (Å²) in [6.45, 7) is 4.23. The summed E-state index contributed by atoms with van der Waals surface area (Å²) in [7, 11) is 0. The molecule has 1 aromatic rings. The van der Waals surface area contributed by atoms with Crippen LogP contribution in [0.4, 0.5) is 0 Å². The molecule has 0 amide bonds. The van der Waals surface area contributed by atoms with E-state index in [9.17, 15) is 0 Å². The van der Waals surface area contributed by atoms with Gasteiger partial charge in [0.05, 0.1) is 5.75 Å².